The van der Waals surface area contributed by atoms with Crippen LogP contribution in [0.1, 0.15) is 12.8 Å². The standard InChI is InChI=1S/C20H22BrFN2O5S/c1-28-18-6-4-15(12-19(18)29-2)30(26,27)24-9-7-13(8-10-24)20(25)23-17-5-3-14(21)11-16(17)22/h3-6,11-13H,7-10H2,1-2H3,(H,23,25). The van der Waals surface area contributed by atoms with Crippen molar-refractivity contribution in [3.8, 4) is 11.5 Å². The van der Waals surface area contributed by atoms with Gasteiger partial charge in [-0.05, 0) is 43.2 Å². The van der Waals surface area contributed by atoms with Crippen LogP contribution in [-0.4, -0.2) is 45.9 Å². The summed E-state index contributed by atoms with van der Waals surface area (Å²) in [5.74, 6) is -0.494. The number of sulfonamides is 1. The summed E-state index contributed by atoms with van der Waals surface area (Å²) in [6.45, 7) is 0.384. The maximum absolute atomic E-state index is 13.9. The molecule has 1 fully saturated rings. The molecule has 162 valence electrons. The number of hydrogen-bond donors (Lipinski definition) is 1. The van der Waals surface area contributed by atoms with E-state index in [0.29, 0.717) is 28.8 Å². The summed E-state index contributed by atoms with van der Waals surface area (Å²) in [4.78, 5) is 12.6. The molecule has 1 heterocycles. The van der Waals surface area contributed by atoms with Crippen molar-refractivity contribution in [1.29, 1.82) is 0 Å². The highest BCUT2D eigenvalue weighted by Gasteiger charge is 2.32. The summed E-state index contributed by atoms with van der Waals surface area (Å²) in [6, 6.07) is 8.81. The van der Waals surface area contributed by atoms with Gasteiger partial charge in [0.15, 0.2) is 11.5 Å². The summed E-state index contributed by atoms with van der Waals surface area (Å²) < 4.78 is 52.2. The third kappa shape index (κ3) is 4.76. The van der Waals surface area contributed by atoms with Crippen LogP contribution in [0.4, 0.5) is 10.1 Å². The molecular formula is C20H22BrFN2O5S. The Kier molecular flexibility index (Phi) is 6.99. The van der Waals surface area contributed by atoms with Crippen LogP contribution in [0.15, 0.2) is 45.8 Å². The molecule has 0 unspecified atom stereocenters. The van der Waals surface area contributed by atoms with Crippen molar-refractivity contribution in [2.45, 2.75) is 17.7 Å². The molecule has 0 spiro atoms. The SMILES string of the molecule is COc1ccc(S(=O)(=O)N2CCC(C(=O)Nc3ccc(Br)cc3F)CC2)cc1OC. The number of halogens is 2. The molecule has 2 aromatic carbocycles. The van der Waals surface area contributed by atoms with Crippen LogP contribution in [0, 0.1) is 11.7 Å². The van der Waals surface area contributed by atoms with Crippen molar-refractivity contribution in [2.24, 2.45) is 5.92 Å². The molecule has 0 bridgehead atoms. The summed E-state index contributed by atoms with van der Waals surface area (Å²) >= 11 is 3.17. The van der Waals surface area contributed by atoms with Crippen molar-refractivity contribution in [3.63, 3.8) is 0 Å². The first-order valence-electron chi connectivity index (χ1n) is 9.24. The summed E-state index contributed by atoms with van der Waals surface area (Å²) in [5, 5.41) is 2.59. The second-order valence-electron chi connectivity index (χ2n) is 6.81. The number of benzene rings is 2. The summed E-state index contributed by atoms with van der Waals surface area (Å²) in [5.41, 5.74) is 0.101. The second kappa shape index (κ2) is 9.32. The minimum Gasteiger partial charge on any atom is -0.493 e. The van der Waals surface area contributed by atoms with Crippen molar-refractivity contribution in [1.82, 2.24) is 4.31 Å². The number of amides is 1. The van der Waals surface area contributed by atoms with E-state index in [2.05, 4.69) is 21.2 Å². The predicted octanol–water partition coefficient (Wildman–Crippen LogP) is 3.64. The van der Waals surface area contributed by atoms with Crippen LogP contribution in [-0.2, 0) is 14.8 Å². The number of methoxy groups -OCH3 is 2. The van der Waals surface area contributed by atoms with E-state index >= 15 is 0 Å². The average molecular weight is 501 g/mol. The van der Waals surface area contributed by atoms with Crippen molar-refractivity contribution >= 4 is 37.5 Å². The molecule has 0 atom stereocenters. The van der Waals surface area contributed by atoms with Gasteiger partial charge in [0.05, 0.1) is 24.8 Å². The molecule has 1 amide bonds. The Balaban J connectivity index is 1.66. The van der Waals surface area contributed by atoms with Gasteiger partial charge in [-0.15, -0.1) is 0 Å². The monoisotopic (exact) mass is 500 g/mol. The van der Waals surface area contributed by atoms with Gasteiger partial charge in [0.1, 0.15) is 5.82 Å². The Morgan fingerprint density at radius 3 is 2.37 bits per heavy atom. The highest BCUT2D eigenvalue weighted by atomic mass is 79.9. The third-order valence-electron chi connectivity index (χ3n) is 5.01. The highest BCUT2D eigenvalue weighted by Crippen LogP contribution is 2.32. The zero-order valence-electron chi connectivity index (χ0n) is 16.5. The highest BCUT2D eigenvalue weighted by molar-refractivity contribution is 9.10. The van der Waals surface area contributed by atoms with Gasteiger partial charge in [0.25, 0.3) is 0 Å². The van der Waals surface area contributed by atoms with E-state index in [1.54, 1.807) is 12.1 Å². The fourth-order valence-corrected chi connectivity index (χ4v) is 5.13. The lowest BCUT2D eigenvalue weighted by Crippen LogP contribution is -2.41. The quantitative estimate of drug-likeness (QED) is 0.654. The molecule has 10 heteroatoms. The molecule has 1 saturated heterocycles. The lowest BCUT2D eigenvalue weighted by atomic mass is 9.97. The van der Waals surface area contributed by atoms with Gasteiger partial charge in [-0.1, -0.05) is 15.9 Å². The molecule has 1 N–H and O–H groups in total. The van der Waals surface area contributed by atoms with Crippen molar-refractivity contribution < 1.29 is 27.1 Å². The van der Waals surface area contributed by atoms with Crippen LogP contribution in [0.3, 0.4) is 0 Å². The molecule has 2 aromatic rings. The van der Waals surface area contributed by atoms with Crippen LogP contribution in [0.2, 0.25) is 0 Å². The summed E-state index contributed by atoms with van der Waals surface area (Å²) in [6.07, 6.45) is 0.688. The third-order valence-corrected chi connectivity index (χ3v) is 7.39. The molecule has 3 rings (SSSR count). The van der Waals surface area contributed by atoms with Gasteiger partial charge < -0.3 is 14.8 Å². The Morgan fingerprint density at radius 1 is 1.10 bits per heavy atom. The van der Waals surface area contributed by atoms with E-state index in [1.165, 1.54) is 42.8 Å². The number of hydrogen-bond acceptors (Lipinski definition) is 5. The smallest absolute Gasteiger partial charge is 0.243 e. The molecule has 7 nitrogen and oxygen atoms in total. The van der Waals surface area contributed by atoms with E-state index in [4.69, 9.17) is 9.47 Å². The largest absolute Gasteiger partial charge is 0.493 e. The number of carbonyl (C=O) groups excluding carboxylic acids is 1. The number of ether oxygens (including phenoxy) is 2. The average Bonchev–Trinajstić information content (AvgIpc) is 2.75. The molecular weight excluding hydrogens is 479 g/mol. The number of anilines is 1. The van der Waals surface area contributed by atoms with E-state index in [9.17, 15) is 17.6 Å². The van der Waals surface area contributed by atoms with Gasteiger partial charge >= 0.3 is 0 Å². The first-order chi connectivity index (χ1) is 14.3. The molecule has 0 radical (unpaired) electrons. The predicted molar refractivity (Wildman–Crippen MR) is 114 cm³/mol. The van der Waals surface area contributed by atoms with Crippen LogP contribution in [0.5, 0.6) is 11.5 Å². The Morgan fingerprint density at radius 2 is 1.77 bits per heavy atom. The zero-order chi connectivity index (χ0) is 21.9. The Bertz CT molecular complexity index is 1040. The van der Waals surface area contributed by atoms with E-state index in [0.717, 1.165) is 0 Å². The van der Waals surface area contributed by atoms with Crippen molar-refractivity contribution in [3.05, 3.63) is 46.7 Å². The maximum atomic E-state index is 13.9. The normalized spacial score (nSPS) is 15.6. The van der Waals surface area contributed by atoms with Gasteiger partial charge in [-0.2, -0.15) is 4.31 Å². The van der Waals surface area contributed by atoms with Gasteiger partial charge in [0, 0.05) is 29.5 Å². The van der Waals surface area contributed by atoms with Gasteiger partial charge in [0.2, 0.25) is 15.9 Å². The fourth-order valence-electron chi connectivity index (χ4n) is 3.31. The molecule has 1 aliphatic heterocycles. The summed E-state index contributed by atoms with van der Waals surface area (Å²) in [7, 11) is -0.827. The molecule has 0 saturated carbocycles. The van der Waals surface area contributed by atoms with Crippen LogP contribution < -0.4 is 14.8 Å². The zero-order valence-corrected chi connectivity index (χ0v) is 18.9. The number of rotatable bonds is 6. The molecule has 0 aliphatic carbocycles. The molecule has 1 aliphatic rings. The minimum absolute atomic E-state index is 0.0972. The number of piperidine rings is 1. The van der Waals surface area contributed by atoms with E-state index in [1.807, 2.05) is 0 Å². The van der Waals surface area contributed by atoms with Crippen molar-refractivity contribution in [2.75, 3.05) is 32.6 Å². The van der Waals surface area contributed by atoms with Crippen LogP contribution in [0.25, 0.3) is 0 Å². The lowest BCUT2D eigenvalue weighted by Gasteiger charge is -2.30. The molecule has 0 aromatic heterocycles. The fraction of sp³-hybridized carbons (Fsp3) is 0.350. The van der Waals surface area contributed by atoms with Gasteiger partial charge in [-0.3, -0.25) is 4.79 Å². The number of nitrogens with zero attached hydrogens (tertiary/aromatic N) is 1. The second-order valence-corrected chi connectivity index (χ2v) is 9.66. The number of carbonyl (C=O) groups is 1. The van der Waals surface area contributed by atoms with Crippen LogP contribution >= 0.6 is 15.9 Å². The topological polar surface area (TPSA) is 84.9 Å². The van der Waals surface area contributed by atoms with E-state index < -0.39 is 21.8 Å². The molecule has 30 heavy (non-hydrogen) atoms. The maximum Gasteiger partial charge on any atom is 0.243 e. The Labute approximate surface area is 183 Å². The number of nitrogens with one attached hydrogen (secondary N) is 1. The minimum atomic E-state index is -3.74. The lowest BCUT2D eigenvalue weighted by molar-refractivity contribution is -0.120. The Hall–Kier alpha value is -2.17. The van der Waals surface area contributed by atoms with E-state index in [-0.39, 0.29) is 29.6 Å². The first kappa shape index (κ1) is 22.5. The van der Waals surface area contributed by atoms with Gasteiger partial charge in [-0.25, -0.2) is 12.8 Å². The first-order valence-corrected chi connectivity index (χ1v) is 11.5.